The molecule has 0 aliphatic carbocycles. The number of nitrogens with zero attached hydrogens (tertiary/aromatic N) is 1. The summed E-state index contributed by atoms with van der Waals surface area (Å²) in [6.45, 7) is 0.986. The van der Waals surface area contributed by atoms with Gasteiger partial charge in [0.1, 0.15) is 11.3 Å². The first-order chi connectivity index (χ1) is 9.10. The fourth-order valence-electron chi connectivity index (χ4n) is 1.55. The number of carbonyl (C=O) groups is 1. The lowest BCUT2D eigenvalue weighted by molar-refractivity contribution is -0.385. The van der Waals surface area contributed by atoms with E-state index in [-0.39, 0.29) is 11.3 Å². The normalized spacial score (nSPS) is 10.0. The largest absolute Gasteiger partial charge is 0.497 e. The lowest BCUT2D eigenvalue weighted by atomic mass is 10.1. The molecule has 0 unspecified atom stereocenters. The fourth-order valence-corrected chi connectivity index (χ4v) is 1.55. The summed E-state index contributed by atoms with van der Waals surface area (Å²) < 4.78 is 4.96. The highest BCUT2D eigenvalue weighted by molar-refractivity contribution is 5.98. The van der Waals surface area contributed by atoms with Gasteiger partial charge in [-0.15, -0.1) is 0 Å². The van der Waals surface area contributed by atoms with Crippen LogP contribution < -0.4 is 15.8 Å². The number of hydrogen-bond acceptors (Lipinski definition) is 5. The quantitative estimate of drug-likeness (QED) is 0.436. The van der Waals surface area contributed by atoms with Crippen LogP contribution in [0.5, 0.6) is 5.75 Å². The van der Waals surface area contributed by atoms with E-state index in [1.807, 2.05) is 0 Å². The Kier molecular flexibility index (Phi) is 5.74. The van der Waals surface area contributed by atoms with E-state index in [0.29, 0.717) is 18.8 Å². The predicted octanol–water partition coefficient (Wildman–Crippen LogP) is 1.07. The third kappa shape index (κ3) is 4.22. The smallest absolute Gasteiger partial charge is 0.282 e. The molecule has 1 rings (SSSR count). The van der Waals surface area contributed by atoms with E-state index in [4.69, 9.17) is 10.5 Å². The van der Waals surface area contributed by atoms with Crippen molar-refractivity contribution >= 4 is 11.6 Å². The molecular weight excluding hydrogens is 250 g/mol. The molecule has 0 bridgehead atoms. The lowest BCUT2D eigenvalue weighted by Gasteiger charge is -2.07. The SMILES string of the molecule is COc1ccc([N+](=O)[O-])c(C(=O)NCCCCN)c1. The monoisotopic (exact) mass is 267 g/mol. The zero-order valence-corrected chi connectivity index (χ0v) is 10.7. The topological polar surface area (TPSA) is 107 Å². The third-order valence-electron chi connectivity index (χ3n) is 2.56. The van der Waals surface area contributed by atoms with Crippen LogP contribution in [0.1, 0.15) is 23.2 Å². The van der Waals surface area contributed by atoms with Crippen LogP contribution in [0.15, 0.2) is 18.2 Å². The zero-order valence-electron chi connectivity index (χ0n) is 10.7. The van der Waals surface area contributed by atoms with E-state index < -0.39 is 10.8 Å². The maximum Gasteiger partial charge on any atom is 0.282 e. The van der Waals surface area contributed by atoms with Crippen molar-refractivity contribution in [3.8, 4) is 5.75 Å². The molecule has 7 nitrogen and oxygen atoms in total. The van der Waals surface area contributed by atoms with E-state index in [0.717, 1.165) is 12.8 Å². The second-order valence-corrected chi connectivity index (χ2v) is 3.89. The van der Waals surface area contributed by atoms with Crippen LogP contribution in [0.3, 0.4) is 0 Å². The number of ether oxygens (including phenoxy) is 1. The molecule has 0 aliphatic heterocycles. The van der Waals surface area contributed by atoms with Gasteiger partial charge in [-0.25, -0.2) is 0 Å². The number of nitro groups is 1. The summed E-state index contributed by atoms with van der Waals surface area (Å²) in [5.74, 6) is -0.0830. The van der Waals surface area contributed by atoms with Gasteiger partial charge in [-0.05, 0) is 31.5 Å². The molecule has 0 heterocycles. The minimum Gasteiger partial charge on any atom is -0.497 e. The summed E-state index contributed by atoms with van der Waals surface area (Å²) in [5, 5.41) is 13.5. The van der Waals surface area contributed by atoms with Gasteiger partial charge in [-0.2, -0.15) is 0 Å². The van der Waals surface area contributed by atoms with Crippen molar-refractivity contribution in [3.05, 3.63) is 33.9 Å². The molecule has 3 N–H and O–H groups in total. The molecule has 0 fully saturated rings. The number of hydrogen-bond donors (Lipinski definition) is 2. The highest BCUT2D eigenvalue weighted by Gasteiger charge is 2.20. The number of nitrogens with two attached hydrogens (primary N) is 1. The van der Waals surface area contributed by atoms with Crippen molar-refractivity contribution in [3.63, 3.8) is 0 Å². The summed E-state index contributed by atoms with van der Waals surface area (Å²) in [4.78, 5) is 22.2. The van der Waals surface area contributed by atoms with E-state index in [9.17, 15) is 14.9 Å². The number of amides is 1. The molecule has 19 heavy (non-hydrogen) atoms. The van der Waals surface area contributed by atoms with Crippen molar-refractivity contribution in [2.24, 2.45) is 5.73 Å². The molecule has 0 atom stereocenters. The molecule has 0 saturated carbocycles. The van der Waals surface area contributed by atoms with Gasteiger partial charge in [0.2, 0.25) is 0 Å². The number of nitro benzene ring substituents is 1. The first-order valence-electron chi connectivity index (χ1n) is 5.91. The Labute approximate surface area is 110 Å². The Morgan fingerprint density at radius 2 is 2.21 bits per heavy atom. The molecule has 1 amide bonds. The van der Waals surface area contributed by atoms with Crippen LogP contribution in [-0.4, -0.2) is 31.0 Å². The summed E-state index contributed by atoms with van der Waals surface area (Å²) in [7, 11) is 1.43. The minimum absolute atomic E-state index is 0.00269. The summed E-state index contributed by atoms with van der Waals surface area (Å²) in [5.41, 5.74) is 5.10. The Hall–Kier alpha value is -2.15. The maximum atomic E-state index is 11.9. The van der Waals surface area contributed by atoms with E-state index in [2.05, 4.69) is 5.32 Å². The Bertz CT molecular complexity index is 462. The van der Waals surface area contributed by atoms with Gasteiger partial charge < -0.3 is 15.8 Å². The van der Waals surface area contributed by atoms with Crippen LogP contribution in [-0.2, 0) is 0 Å². The van der Waals surface area contributed by atoms with Gasteiger partial charge in [-0.3, -0.25) is 14.9 Å². The third-order valence-corrected chi connectivity index (χ3v) is 2.56. The molecule has 0 aromatic heterocycles. The molecule has 1 aromatic carbocycles. The van der Waals surface area contributed by atoms with Gasteiger partial charge in [0.25, 0.3) is 11.6 Å². The standard InChI is InChI=1S/C12H17N3O4/c1-19-9-4-5-11(15(17)18)10(8-9)12(16)14-7-3-2-6-13/h4-5,8H,2-3,6-7,13H2,1H3,(H,14,16). The molecule has 0 saturated heterocycles. The van der Waals surface area contributed by atoms with E-state index in [1.165, 1.54) is 25.3 Å². The van der Waals surface area contributed by atoms with Crippen molar-refractivity contribution in [2.45, 2.75) is 12.8 Å². The fraction of sp³-hybridized carbons (Fsp3) is 0.417. The second-order valence-electron chi connectivity index (χ2n) is 3.89. The van der Waals surface area contributed by atoms with Gasteiger partial charge in [-0.1, -0.05) is 0 Å². The van der Waals surface area contributed by atoms with Crippen molar-refractivity contribution in [2.75, 3.05) is 20.2 Å². The van der Waals surface area contributed by atoms with Gasteiger partial charge in [0.05, 0.1) is 12.0 Å². The Morgan fingerprint density at radius 1 is 1.47 bits per heavy atom. The van der Waals surface area contributed by atoms with Gasteiger partial charge in [0.15, 0.2) is 0 Å². The lowest BCUT2D eigenvalue weighted by Crippen LogP contribution is -2.25. The van der Waals surface area contributed by atoms with Crippen LogP contribution >= 0.6 is 0 Å². The number of rotatable bonds is 7. The van der Waals surface area contributed by atoms with Crippen molar-refractivity contribution in [1.82, 2.24) is 5.32 Å². The average Bonchev–Trinajstić information content (AvgIpc) is 2.42. The Balaban J connectivity index is 2.83. The zero-order chi connectivity index (χ0) is 14.3. The molecule has 0 spiro atoms. The van der Waals surface area contributed by atoms with E-state index >= 15 is 0 Å². The molecule has 0 radical (unpaired) electrons. The Morgan fingerprint density at radius 3 is 2.79 bits per heavy atom. The summed E-state index contributed by atoms with van der Waals surface area (Å²) in [6.07, 6.45) is 1.53. The van der Waals surface area contributed by atoms with Crippen LogP contribution in [0.25, 0.3) is 0 Å². The first-order valence-corrected chi connectivity index (χ1v) is 5.91. The van der Waals surface area contributed by atoms with Gasteiger partial charge >= 0.3 is 0 Å². The van der Waals surface area contributed by atoms with Crippen LogP contribution in [0, 0.1) is 10.1 Å². The van der Waals surface area contributed by atoms with Crippen LogP contribution in [0.4, 0.5) is 5.69 Å². The summed E-state index contributed by atoms with van der Waals surface area (Å²) >= 11 is 0. The second kappa shape index (κ2) is 7.32. The number of methoxy groups -OCH3 is 1. The number of carbonyl (C=O) groups excluding carboxylic acids is 1. The number of nitrogens with one attached hydrogen (secondary N) is 1. The van der Waals surface area contributed by atoms with Crippen molar-refractivity contribution < 1.29 is 14.5 Å². The number of unbranched alkanes of at least 4 members (excludes halogenated alkanes) is 1. The molecular formula is C12H17N3O4. The highest BCUT2D eigenvalue weighted by Crippen LogP contribution is 2.23. The highest BCUT2D eigenvalue weighted by atomic mass is 16.6. The minimum atomic E-state index is -0.589. The maximum absolute atomic E-state index is 11.9. The van der Waals surface area contributed by atoms with Crippen molar-refractivity contribution in [1.29, 1.82) is 0 Å². The molecule has 7 heteroatoms. The molecule has 1 aromatic rings. The summed E-state index contributed by atoms with van der Waals surface area (Å²) in [6, 6.07) is 4.06. The van der Waals surface area contributed by atoms with Gasteiger partial charge in [0, 0.05) is 12.6 Å². The molecule has 0 aliphatic rings. The van der Waals surface area contributed by atoms with E-state index in [1.54, 1.807) is 0 Å². The first kappa shape index (κ1) is 14.9. The molecule has 104 valence electrons. The predicted molar refractivity (Wildman–Crippen MR) is 70.3 cm³/mol. The number of benzene rings is 1. The van der Waals surface area contributed by atoms with Crippen LogP contribution in [0.2, 0.25) is 0 Å². The average molecular weight is 267 g/mol.